The van der Waals surface area contributed by atoms with Crippen molar-refractivity contribution in [3.8, 4) is 0 Å². The Morgan fingerprint density at radius 1 is 1.30 bits per heavy atom. The summed E-state index contributed by atoms with van der Waals surface area (Å²) in [5, 5.41) is 11.6. The average Bonchev–Trinajstić information content (AvgIpc) is 2.36. The average molecular weight is 281 g/mol. The van der Waals surface area contributed by atoms with Crippen LogP contribution in [0.15, 0.2) is 24.3 Å². The molecule has 0 saturated carbocycles. The second-order valence-corrected chi connectivity index (χ2v) is 5.31. The topological polar surface area (TPSA) is 66.4 Å². The second kappa shape index (κ2) is 7.03. The minimum absolute atomic E-state index is 0.154. The number of halogens is 1. The van der Waals surface area contributed by atoms with Crippen LogP contribution in [0.4, 0.5) is 4.39 Å². The van der Waals surface area contributed by atoms with Crippen molar-refractivity contribution in [2.45, 2.75) is 39.2 Å². The molecule has 0 saturated heterocycles. The molecule has 0 spiro atoms. The third kappa shape index (κ3) is 4.64. The molecule has 2 unspecified atom stereocenters. The number of carboxylic acids is 1. The van der Waals surface area contributed by atoms with Crippen molar-refractivity contribution in [3.05, 3.63) is 35.6 Å². The fourth-order valence-electron chi connectivity index (χ4n) is 1.92. The molecule has 0 aliphatic rings. The highest BCUT2D eigenvalue weighted by Crippen LogP contribution is 2.17. The van der Waals surface area contributed by atoms with E-state index in [1.807, 2.05) is 13.8 Å². The van der Waals surface area contributed by atoms with Gasteiger partial charge < -0.3 is 10.4 Å². The van der Waals surface area contributed by atoms with Crippen LogP contribution in [0.1, 0.15) is 38.7 Å². The zero-order valence-corrected chi connectivity index (χ0v) is 11.9. The van der Waals surface area contributed by atoms with E-state index in [0.717, 1.165) is 0 Å². The van der Waals surface area contributed by atoms with Crippen LogP contribution in [0, 0.1) is 11.7 Å². The number of hydrogen-bond acceptors (Lipinski definition) is 2. The lowest BCUT2D eigenvalue weighted by atomic mass is 9.98. The molecule has 2 atom stereocenters. The first-order valence-corrected chi connectivity index (χ1v) is 6.60. The predicted molar refractivity (Wildman–Crippen MR) is 73.8 cm³/mol. The smallest absolute Gasteiger partial charge is 0.326 e. The first-order valence-electron chi connectivity index (χ1n) is 6.60. The number of benzene rings is 1. The predicted octanol–water partition coefficient (Wildman–Crippen LogP) is 2.54. The maximum absolute atomic E-state index is 13.1. The minimum Gasteiger partial charge on any atom is -0.480 e. The Morgan fingerprint density at radius 3 is 2.45 bits per heavy atom. The van der Waals surface area contributed by atoms with E-state index in [1.165, 1.54) is 18.2 Å². The molecule has 5 heteroatoms. The molecule has 20 heavy (non-hydrogen) atoms. The molecule has 1 rings (SSSR count). The molecule has 1 amide bonds. The molecule has 0 bridgehead atoms. The van der Waals surface area contributed by atoms with Crippen molar-refractivity contribution in [3.63, 3.8) is 0 Å². The third-order valence-electron chi connectivity index (χ3n) is 3.06. The molecule has 0 fully saturated rings. The van der Waals surface area contributed by atoms with Gasteiger partial charge in [-0.15, -0.1) is 0 Å². The maximum Gasteiger partial charge on any atom is 0.326 e. The fraction of sp³-hybridized carbons (Fsp3) is 0.467. The lowest BCUT2D eigenvalue weighted by Gasteiger charge is -2.19. The number of aliphatic carboxylic acids is 1. The molecule has 0 aromatic heterocycles. The second-order valence-electron chi connectivity index (χ2n) is 5.31. The Kier molecular flexibility index (Phi) is 5.67. The molecule has 2 N–H and O–H groups in total. The standard InChI is InChI=1S/C15H20FNO3/c1-9(2)7-13(15(19)20)17-14(18)10(3)11-5-4-6-12(16)8-11/h4-6,8-10,13H,7H2,1-3H3,(H,17,18)(H,19,20). The molecule has 0 heterocycles. The van der Waals surface area contributed by atoms with Gasteiger partial charge in [0.25, 0.3) is 0 Å². The quantitative estimate of drug-likeness (QED) is 0.842. The fourth-order valence-corrected chi connectivity index (χ4v) is 1.92. The Bertz CT molecular complexity index is 488. The van der Waals surface area contributed by atoms with E-state index >= 15 is 0 Å². The summed E-state index contributed by atoms with van der Waals surface area (Å²) in [7, 11) is 0. The highest BCUT2D eigenvalue weighted by molar-refractivity contribution is 5.87. The van der Waals surface area contributed by atoms with Crippen LogP contribution in [0.25, 0.3) is 0 Å². The van der Waals surface area contributed by atoms with Gasteiger partial charge in [0.1, 0.15) is 11.9 Å². The van der Waals surface area contributed by atoms with Crippen molar-refractivity contribution in [2.75, 3.05) is 0 Å². The van der Waals surface area contributed by atoms with Gasteiger partial charge in [-0.2, -0.15) is 0 Å². The zero-order chi connectivity index (χ0) is 15.3. The van der Waals surface area contributed by atoms with E-state index < -0.39 is 29.7 Å². The number of carboxylic acid groups (broad SMARTS) is 1. The molecule has 4 nitrogen and oxygen atoms in total. The highest BCUT2D eigenvalue weighted by atomic mass is 19.1. The van der Waals surface area contributed by atoms with Crippen molar-refractivity contribution in [1.82, 2.24) is 5.32 Å². The molecule has 0 aliphatic heterocycles. The molecule has 0 radical (unpaired) electrons. The van der Waals surface area contributed by atoms with E-state index in [4.69, 9.17) is 5.11 Å². The van der Waals surface area contributed by atoms with E-state index in [0.29, 0.717) is 12.0 Å². The summed E-state index contributed by atoms with van der Waals surface area (Å²) >= 11 is 0. The van der Waals surface area contributed by atoms with Crippen LogP contribution in [-0.4, -0.2) is 23.0 Å². The number of nitrogens with one attached hydrogen (secondary N) is 1. The number of carbonyl (C=O) groups is 2. The maximum atomic E-state index is 13.1. The van der Waals surface area contributed by atoms with E-state index in [1.54, 1.807) is 13.0 Å². The summed E-state index contributed by atoms with van der Waals surface area (Å²) in [5.74, 6) is -2.33. The Morgan fingerprint density at radius 2 is 1.95 bits per heavy atom. The molecular weight excluding hydrogens is 261 g/mol. The van der Waals surface area contributed by atoms with Gasteiger partial charge in [0.15, 0.2) is 0 Å². The molecule has 1 aromatic carbocycles. The summed E-state index contributed by atoms with van der Waals surface area (Å²) in [6.07, 6.45) is 0.358. The number of hydrogen-bond donors (Lipinski definition) is 2. The van der Waals surface area contributed by atoms with Gasteiger partial charge in [0.2, 0.25) is 5.91 Å². The normalized spacial score (nSPS) is 13.8. The summed E-state index contributed by atoms with van der Waals surface area (Å²) < 4.78 is 13.1. The monoisotopic (exact) mass is 281 g/mol. The van der Waals surface area contributed by atoms with Crippen LogP contribution in [0.3, 0.4) is 0 Å². The van der Waals surface area contributed by atoms with Gasteiger partial charge in [-0.05, 0) is 37.0 Å². The molecular formula is C15H20FNO3. The zero-order valence-electron chi connectivity index (χ0n) is 11.9. The Labute approximate surface area is 118 Å². The number of carbonyl (C=O) groups excluding carboxylic acids is 1. The lowest BCUT2D eigenvalue weighted by molar-refractivity contribution is -0.142. The molecule has 1 aromatic rings. The summed E-state index contributed by atoms with van der Waals surface area (Å²) in [4.78, 5) is 23.2. The van der Waals surface area contributed by atoms with Crippen LogP contribution < -0.4 is 5.32 Å². The van der Waals surface area contributed by atoms with Gasteiger partial charge in [-0.1, -0.05) is 26.0 Å². The summed E-state index contributed by atoms with van der Waals surface area (Å²) in [6.45, 7) is 5.40. The minimum atomic E-state index is -1.06. The van der Waals surface area contributed by atoms with E-state index in [-0.39, 0.29) is 5.92 Å². The van der Waals surface area contributed by atoms with Crippen LogP contribution >= 0.6 is 0 Å². The molecule has 0 aliphatic carbocycles. The Hall–Kier alpha value is -1.91. The van der Waals surface area contributed by atoms with Gasteiger partial charge in [-0.3, -0.25) is 4.79 Å². The first-order chi connectivity index (χ1) is 9.31. The van der Waals surface area contributed by atoms with Gasteiger partial charge in [0, 0.05) is 0 Å². The van der Waals surface area contributed by atoms with Crippen molar-refractivity contribution in [1.29, 1.82) is 0 Å². The van der Waals surface area contributed by atoms with Crippen molar-refractivity contribution >= 4 is 11.9 Å². The summed E-state index contributed by atoms with van der Waals surface area (Å²) in [5.41, 5.74) is 0.524. The van der Waals surface area contributed by atoms with Crippen LogP contribution in [-0.2, 0) is 9.59 Å². The highest BCUT2D eigenvalue weighted by Gasteiger charge is 2.24. The van der Waals surface area contributed by atoms with Crippen molar-refractivity contribution in [2.24, 2.45) is 5.92 Å². The van der Waals surface area contributed by atoms with Crippen LogP contribution in [0.5, 0.6) is 0 Å². The van der Waals surface area contributed by atoms with E-state index in [9.17, 15) is 14.0 Å². The Balaban J connectivity index is 2.76. The SMILES string of the molecule is CC(C)CC(NC(=O)C(C)c1cccc(F)c1)C(=O)O. The van der Waals surface area contributed by atoms with Crippen LogP contribution in [0.2, 0.25) is 0 Å². The van der Waals surface area contributed by atoms with Crippen molar-refractivity contribution < 1.29 is 19.1 Å². The summed E-state index contributed by atoms with van der Waals surface area (Å²) in [6, 6.07) is 4.83. The van der Waals surface area contributed by atoms with E-state index in [2.05, 4.69) is 5.32 Å². The third-order valence-corrected chi connectivity index (χ3v) is 3.06. The largest absolute Gasteiger partial charge is 0.480 e. The molecule has 110 valence electrons. The lowest BCUT2D eigenvalue weighted by Crippen LogP contribution is -2.43. The van der Waals surface area contributed by atoms with Gasteiger partial charge in [-0.25, -0.2) is 9.18 Å². The van der Waals surface area contributed by atoms with Gasteiger partial charge >= 0.3 is 5.97 Å². The number of rotatable bonds is 6. The number of amides is 1. The first kappa shape index (κ1) is 16.1. The van der Waals surface area contributed by atoms with Gasteiger partial charge in [0.05, 0.1) is 5.92 Å².